The van der Waals surface area contributed by atoms with E-state index in [4.69, 9.17) is 0 Å². The quantitative estimate of drug-likeness (QED) is 0.435. The summed E-state index contributed by atoms with van der Waals surface area (Å²) in [6.07, 6.45) is 2.90. The molecule has 128 valence electrons. The molecule has 0 saturated carbocycles. The number of piperidine rings is 1. The fourth-order valence-corrected chi connectivity index (χ4v) is 2.22. The minimum absolute atomic E-state index is 0.0188. The predicted octanol–water partition coefficient (Wildman–Crippen LogP) is 4.78. The molecular weight excluding hydrogens is 311 g/mol. The first-order chi connectivity index (χ1) is 10.4. The van der Waals surface area contributed by atoms with Crippen molar-refractivity contribution in [2.45, 2.75) is 52.4 Å². The largest absolute Gasteiger partial charge is 0.338 e. The zero-order valence-corrected chi connectivity index (χ0v) is 14.4. The Bertz CT molecular complexity index is 398. The van der Waals surface area contributed by atoms with E-state index < -0.39 is 17.7 Å². The number of alkyl halides is 2. The van der Waals surface area contributed by atoms with Crippen LogP contribution in [0.4, 0.5) is 13.2 Å². The first kappa shape index (κ1) is 21.1. The van der Waals surface area contributed by atoms with Gasteiger partial charge in [0.1, 0.15) is 5.83 Å². The van der Waals surface area contributed by atoms with Crippen molar-refractivity contribution >= 4 is 18.5 Å². The maximum atomic E-state index is 14.0. The van der Waals surface area contributed by atoms with Crippen molar-refractivity contribution in [3.63, 3.8) is 0 Å². The van der Waals surface area contributed by atoms with E-state index in [2.05, 4.69) is 12.6 Å². The zero-order chi connectivity index (χ0) is 17.2. The van der Waals surface area contributed by atoms with Gasteiger partial charge in [0.05, 0.1) is 0 Å². The summed E-state index contributed by atoms with van der Waals surface area (Å²) in [4.78, 5) is 13.5. The van der Waals surface area contributed by atoms with E-state index in [0.29, 0.717) is 5.75 Å². The van der Waals surface area contributed by atoms with Crippen molar-refractivity contribution in [3.05, 3.63) is 23.6 Å². The molecule has 1 amide bonds. The molecule has 1 saturated heterocycles. The third-order valence-electron chi connectivity index (χ3n) is 3.29. The number of amides is 1. The number of halogens is 3. The number of hydrogen-bond donors (Lipinski definition) is 1. The van der Waals surface area contributed by atoms with Gasteiger partial charge in [0.15, 0.2) is 0 Å². The van der Waals surface area contributed by atoms with Gasteiger partial charge in [-0.05, 0) is 6.42 Å². The number of carbonyl (C=O) groups is 1. The SMILES string of the molecule is CC.CC/C(C(=O)N1CCC(F)(F)CC1)=C(/F)C/C=C\CS. The molecule has 0 N–H and O–H groups in total. The average molecular weight is 337 g/mol. The molecule has 1 fully saturated rings. The van der Waals surface area contributed by atoms with Crippen LogP contribution in [0.15, 0.2) is 23.6 Å². The topological polar surface area (TPSA) is 20.3 Å². The molecule has 0 radical (unpaired) electrons. The van der Waals surface area contributed by atoms with E-state index in [-0.39, 0.29) is 44.3 Å². The maximum absolute atomic E-state index is 14.0. The number of allylic oxidation sites excluding steroid dienone is 2. The lowest BCUT2D eigenvalue weighted by Gasteiger charge is -2.32. The van der Waals surface area contributed by atoms with Crippen LogP contribution in [0.3, 0.4) is 0 Å². The number of nitrogens with zero attached hydrogens (tertiary/aromatic N) is 1. The summed E-state index contributed by atoms with van der Waals surface area (Å²) in [5, 5.41) is 0. The van der Waals surface area contributed by atoms with Crippen molar-refractivity contribution in [1.82, 2.24) is 4.90 Å². The number of hydrogen-bond acceptors (Lipinski definition) is 2. The summed E-state index contributed by atoms with van der Waals surface area (Å²) in [5.74, 6) is -3.16. The Morgan fingerprint density at radius 1 is 1.23 bits per heavy atom. The number of likely N-dealkylation sites (tertiary alicyclic amines) is 1. The summed E-state index contributed by atoms with van der Waals surface area (Å²) in [7, 11) is 0. The highest BCUT2D eigenvalue weighted by Gasteiger charge is 2.36. The van der Waals surface area contributed by atoms with Gasteiger partial charge in [-0.3, -0.25) is 4.79 Å². The molecule has 1 rings (SSSR count). The van der Waals surface area contributed by atoms with Crippen LogP contribution in [0.2, 0.25) is 0 Å². The Morgan fingerprint density at radius 2 is 1.77 bits per heavy atom. The van der Waals surface area contributed by atoms with Gasteiger partial charge in [-0.15, -0.1) is 0 Å². The maximum Gasteiger partial charge on any atom is 0.252 e. The monoisotopic (exact) mass is 337 g/mol. The van der Waals surface area contributed by atoms with Crippen LogP contribution in [0.1, 0.15) is 46.5 Å². The van der Waals surface area contributed by atoms with Gasteiger partial charge in [0.2, 0.25) is 0 Å². The molecule has 0 unspecified atom stereocenters. The molecule has 0 aromatic rings. The van der Waals surface area contributed by atoms with Crippen molar-refractivity contribution in [1.29, 1.82) is 0 Å². The first-order valence-electron chi connectivity index (χ1n) is 7.71. The van der Waals surface area contributed by atoms with Crippen molar-refractivity contribution < 1.29 is 18.0 Å². The summed E-state index contributed by atoms with van der Waals surface area (Å²) in [6.45, 7) is 5.65. The van der Waals surface area contributed by atoms with Gasteiger partial charge in [0.25, 0.3) is 11.8 Å². The molecule has 0 aliphatic carbocycles. The molecule has 2 nitrogen and oxygen atoms in total. The third kappa shape index (κ3) is 6.90. The normalized spacial score (nSPS) is 18.6. The minimum Gasteiger partial charge on any atom is -0.338 e. The van der Waals surface area contributed by atoms with Crippen LogP contribution < -0.4 is 0 Å². The smallest absolute Gasteiger partial charge is 0.252 e. The fourth-order valence-electron chi connectivity index (χ4n) is 2.07. The Balaban J connectivity index is 0.00000211. The Labute approximate surface area is 136 Å². The van der Waals surface area contributed by atoms with Crippen LogP contribution in [0, 0.1) is 0 Å². The molecule has 0 aromatic heterocycles. The van der Waals surface area contributed by atoms with Crippen molar-refractivity contribution in [2.75, 3.05) is 18.8 Å². The van der Waals surface area contributed by atoms with Gasteiger partial charge >= 0.3 is 0 Å². The van der Waals surface area contributed by atoms with Gasteiger partial charge < -0.3 is 4.90 Å². The second-order valence-corrected chi connectivity index (χ2v) is 5.11. The van der Waals surface area contributed by atoms with Crippen LogP contribution in [-0.2, 0) is 4.79 Å². The molecule has 6 heteroatoms. The van der Waals surface area contributed by atoms with Gasteiger partial charge in [-0.2, -0.15) is 12.6 Å². The molecule has 1 heterocycles. The Morgan fingerprint density at radius 3 is 2.23 bits per heavy atom. The molecule has 1 aliphatic rings. The lowest BCUT2D eigenvalue weighted by atomic mass is 10.0. The first-order valence-corrected chi connectivity index (χ1v) is 8.35. The van der Waals surface area contributed by atoms with Crippen molar-refractivity contribution in [3.8, 4) is 0 Å². The second kappa shape index (κ2) is 10.8. The average Bonchev–Trinajstić information content (AvgIpc) is 2.50. The fraction of sp³-hybridized carbons (Fsp3) is 0.688. The molecule has 0 spiro atoms. The summed E-state index contributed by atoms with van der Waals surface area (Å²) >= 11 is 3.97. The zero-order valence-electron chi connectivity index (χ0n) is 13.5. The predicted molar refractivity (Wildman–Crippen MR) is 88.1 cm³/mol. The standard InChI is InChI=1S/C14H20F3NOS.C2H6/c1-2-11(12(15)5-3-4-10-20)13(19)18-8-6-14(16,17)7-9-18;1-2/h3-4,20H,2,5-10H2,1H3;1-2H3/b4-3-,12-11-;. The van der Waals surface area contributed by atoms with E-state index >= 15 is 0 Å². The highest BCUT2D eigenvalue weighted by molar-refractivity contribution is 7.80. The van der Waals surface area contributed by atoms with Crippen LogP contribution in [0.25, 0.3) is 0 Å². The molecular formula is C16H26F3NOS. The number of rotatable bonds is 5. The Hall–Kier alpha value is -0.910. The minimum atomic E-state index is -2.71. The van der Waals surface area contributed by atoms with Gasteiger partial charge in [0, 0.05) is 43.7 Å². The Kier molecular flexibility index (Phi) is 10.3. The second-order valence-electron chi connectivity index (χ2n) is 4.74. The molecule has 0 bridgehead atoms. The third-order valence-corrected chi connectivity index (χ3v) is 3.50. The lowest BCUT2D eigenvalue weighted by Crippen LogP contribution is -2.43. The van der Waals surface area contributed by atoms with Gasteiger partial charge in [-0.1, -0.05) is 32.9 Å². The highest BCUT2D eigenvalue weighted by atomic mass is 32.1. The van der Waals surface area contributed by atoms with Gasteiger partial charge in [-0.25, -0.2) is 13.2 Å². The van der Waals surface area contributed by atoms with Crippen LogP contribution in [0.5, 0.6) is 0 Å². The van der Waals surface area contributed by atoms with Crippen LogP contribution in [-0.4, -0.2) is 35.6 Å². The van der Waals surface area contributed by atoms with E-state index in [9.17, 15) is 18.0 Å². The molecule has 1 aliphatic heterocycles. The highest BCUT2D eigenvalue weighted by Crippen LogP contribution is 2.29. The summed E-state index contributed by atoms with van der Waals surface area (Å²) < 4.78 is 40.1. The molecule has 0 aromatic carbocycles. The lowest BCUT2D eigenvalue weighted by molar-refractivity contribution is -0.133. The van der Waals surface area contributed by atoms with Crippen molar-refractivity contribution in [2.24, 2.45) is 0 Å². The van der Waals surface area contributed by atoms with Crippen LogP contribution >= 0.6 is 12.6 Å². The number of carbonyl (C=O) groups excluding carboxylic acids is 1. The van der Waals surface area contributed by atoms with E-state index in [1.54, 1.807) is 19.1 Å². The van der Waals surface area contributed by atoms with E-state index in [1.807, 2.05) is 13.8 Å². The van der Waals surface area contributed by atoms with E-state index in [1.165, 1.54) is 4.90 Å². The summed E-state index contributed by atoms with van der Waals surface area (Å²) in [5.41, 5.74) is 0.0824. The molecule has 0 atom stereocenters. The molecule has 22 heavy (non-hydrogen) atoms. The van der Waals surface area contributed by atoms with E-state index in [0.717, 1.165) is 0 Å². The summed E-state index contributed by atoms with van der Waals surface area (Å²) in [6, 6.07) is 0. The number of thiol groups is 1.